The number of nitrogens with zero attached hydrogens (tertiary/aromatic N) is 1. The van der Waals surface area contributed by atoms with Gasteiger partial charge >= 0.3 is 5.97 Å². The number of benzene rings is 1. The summed E-state index contributed by atoms with van der Waals surface area (Å²) in [6, 6.07) is 7.05. The van der Waals surface area contributed by atoms with Crippen LogP contribution in [0, 0.1) is 5.92 Å². The predicted octanol–water partition coefficient (Wildman–Crippen LogP) is 2.22. The number of hydrogen-bond donors (Lipinski definition) is 1. The van der Waals surface area contributed by atoms with E-state index in [1.165, 1.54) is 0 Å². The third-order valence-electron chi connectivity index (χ3n) is 3.83. The maximum absolute atomic E-state index is 12.6. The van der Waals surface area contributed by atoms with Gasteiger partial charge in [0.2, 0.25) is 5.91 Å². The molecule has 1 aliphatic heterocycles. The molecule has 1 aromatic carbocycles. The number of carbonyl (C=O) groups is 2. The second kappa shape index (κ2) is 7.61. The molecule has 0 aliphatic carbocycles. The van der Waals surface area contributed by atoms with E-state index in [4.69, 9.17) is 21.4 Å². The van der Waals surface area contributed by atoms with Crippen molar-refractivity contribution < 1.29 is 19.4 Å². The van der Waals surface area contributed by atoms with Crippen molar-refractivity contribution in [1.29, 1.82) is 0 Å². The van der Waals surface area contributed by atoms with Crippen LogP contribution in [0.1, 0.15) is 18.9 Å². The zero-order chi connectivity index (χ0) is 16.1. The Labute approximate surface area is 134 Å². The van der Waals surface area contributed by atoms with Crippen LogP contribution >= 0.6 is 11.6 Å². The van der Waals surface area contributed by atoms with Crippen LogP contribution in [0.15, 0.2) is 24.3 Å². The number of hydrogen-bond acceptors (Lipinski definition) is 3. The largest absolute Gasteiger partial charge is 0.481 e. The van der Waals surface area contributed by atoms with Gasteiger partial charge in [-0.15, -0.1) is 0 Å². The number of rotatable bonds is 5. The van der Waals surface area contributed by atoms with Crippen LogP contribution in [0.25, 0.3) is 0 Å². The molecule has 1 amide bonds. The van der Waals surface area contributed by atoms with Crippen molar-refractivity contribution in [3.8, 4) is 0 Å². The van der Waals surface area contributed by atoms with Crippen molar-refractivity contribution >= 4 is 23.5 Å². The first-order valence-corrected chi connectivity index (χ1v) is 7.70. The minimum Gasteiger partial charge on any atom is -0.481 e. The highest BCUT2D eigenvalue weighted by atomic mass is 35.5. The molecular formula is C16H20ClNO4. The zero-order valence-corrected chi connectivity index (χ0v) is 13.3. The summed E-state index contributed by atoms with van der Waals surface area (Å²) in [6.07, 6.45) is 0.445. The van der Waals surface area contributed by atoms with E-state index >= 15 is 0 Å². The second-order valence-corrected chi connectivity index (χ2v) is 5.96. The molecule has 6 heteroatoms. The van der Waals surface area contributed by atoms with Crippen LogP contribution in [-0.4, -0.2) is 47.7 Å². The first-order chi connectivity index (χ1) is 10.5. The third kappa shape index (κ3) is 4.21. The van der Waals surface area contributed by atoms with Crippen LogP contribution in [0.4, 0.5) is 0 Å². The average Bonchev–Trinajstić information content (AvgIpc) is 2.49. The van der Waals surface area contributed by atoms with E-state index in [9.17, 15) is 9.59 Å². The van der Waals surface area contributed by atoms with Gasteiger partial charge in [0.25, 0.3) is 0 Å². The van der Waals surface area contributed by atoms with Crippen molar-refractivity contribution in [1.82, 2.24) is 4.90 Å². The van der Waals surface area contributed by atoms with E-state index in [2.05, 4.69) is 0 Å². The SMILES string of the molecule is CC(Cc1ccccc1Cl)C(=O)N1CCOCC1CC(=O)O. The number of amides is 1. The fourth-order valence-corrected chi connectivity index (χ4v) is 2.89. The Morgan fingerprint density at radius 1 is 1.45 bits per heavy atom. The molecule has 2 unspecified atom stereocenters. The second-order valence-electron chi connectivity index (χ2n) is 5.55. The Morgan fingerprint density at radius 2 is 2.18 bits per heavy atom. The molecule has 1 N–H and O–H groups in total. The highest BCUT2D eigenvalue weighted by molar-refractivity contribution is 6.31. The topological polar surface area (TPSA) is 66.8 Å². The summed E-state index contributed by atoms with van der Waals surface area (Å²) in [5, 5.41) is 9.61. The summed E-state index contributed by atoms with van der Waals surface area (Å²) in [5.41, 5.74) is 0.924. The minimum atomic E-state index is -0.924. The van der Waals surface area contributed by atoms with Crippen molar-refractivity contribution in [2.45, 2.75) is 25.8 Å². The van der Waals surface area contributed by atoms with Gasteiger partial charge in [-0.05, 0) is 18.1 Å². The normalized spacial score (nSPS) is 19.7. The Hall–Kier alpha value is -1.59. The predicted molar refractivity (Wildman–Crippen MR) is 82.9 cm³/mol. The molecule has 1 heterocycles. The number of morpholine rings is 1. The first kappa shape index (κ1) is 16.8. The molecule has 120 valence electrons. The fraction of sp³-hybridized carbons (Fsp3) is 0.500. The molecule has 1 aromatic rings. The number of aliphatic carboxylic acids is 1. The third-order valence-corrected chi connectivity index (χ3v) is 4.20. The molecular weight excluding hydrogens is 306 g/mol. The standard InChI is InChI=1S/C16H20ClNO4/c1-11(8-12-4-2-3-5-14(12)17)16(21)18-6-7-22-10-13(18)9-15(19)20/h2-5,11,13H,6-10H2,1H3,(H,19,20). The molecule has 2 rings (SSSR count). The van der Waals surface area contributed by atoms with Gasteiger partial charge in [0.05, 0.1) is 25.7 Å². The quantitative estimate of drug-likeness (QED) is 0.901. The monoisotopic (exact) mass is 325 g/mol. The lowest BCUT2D eigenvalue weighted by molar-refractivity contribution is -0.148. The summed E-state index contributed by atoms with van der Waals surface area (Å²) in [4.78, 5) is 25.2. The summed E-state index contributed by atoms with van der Waals surface area (Å²) in [6.45, 7) is 3.00. The molecule has 0 radical (unpaired) electrons. The molecule has 1 fully saturated rings. The number of ether oxygens (including phenoxy) is 1. The summed E-state index contributed by atoms with van der Waals surface area (Å²) >= 11 is 6.13. The van der Waals surface area contributed by atoms with Gasteiger partial charge < -0.3 is 14.7 Å². The molecule has 1 saturated heterocycles. The Morgan fingerprint density at radius 3 is 2.86 bits per heavy atom. The van der Waals surface area contributed by atoms with Gasteiger partial charge in [-0.3, -0.25) is 9.59 Å². The van der Waals surface area contributed by atoms with E-state index in [-0.39, 0.29) is 24.9 Å². The summed E-state index contributed by atoms with van der Waals surface area (Å²) in [7, 11) is 0. The van der Waals surface area contributed by atoms with Gasteiger partial charge in [-0.2, -0.15) is 0 Å². The number of carboxylic acids is 1. The lowest BCUT2D eigenvalue weighted by Crippen LogP contribution is -2.51. The molecule has 0 aromatic heterocycles. The first-order valence-electron chi connectivity index (χ1n) is 7.32. The zero-order valence-electron chi connectivity index (χ0n) is 12.5. The summed E-state index contributed by atoms with van der Waals surface area (Å²) in [5.74, 6) is -1.23. The van der Waals surface area contributed by atoms with Crippen molar-refractivity contribution in [2.24, 2.45) is 5.92 Å². The van der Waals surface area contributed by atoms with Gasteiger partial charge in [-0.25, -0.2) is 0 Å². The summed E-state index contributed by atoms with van der Waals surface area (Å²) < 4.78 is 5.30. The van der Waals surface area contributed by atoms with Crippen LogP contribution in [0.3, 0.4) is 0 Å². The van der Waals surface area contributed by atoms with Gasteiger partial charge in [-0.1, -0.05) is 36.7 Å². The van der Waals surface area contributed by atoms with E-state index in [0.29, 0.717) is 24.6 Å². The molecule has 0 bridgehead atoms. The van der Waals surface area contributed by atoms with Gasteiger partial charge in [0, 0.05) is 17.5 Å². The van der Waals surface area contributed by atoms with E-state index in [0.717, 1.165) is 5.56 Å². The van der Waals surface area contributed by atoms with Gasteiger partial charge in [0.1, 0.15) is 0 Å². The maximum atomic E-state index is 12.6. The Balaban J connectivity index is 2.04. The lowest BCUT2D eigenvalue weighted by atomic mass is 9.98. The van der Waals surface area contributed by atoms with E-state index < -0.39 is 12.0 Å². The van der Waals surface area contributed by atoms with Crippen molar-refractivity contribution in [3.63, 3.8) is 0 Å². The van der Waals surface area contributed by atoms with Crippen LogP contribution < -0.4 is 0 Å². The van der Waals surface area contributed by atoms with Gasteiger partial charge in [0.15, 0.2) is 0 Å². The Bertz CT molecular complexity index is 549. The highest BCUT2D eigenvalue weighted by Gasteiger charge is 2.31. The maximum Gasteiger partial charge on any atom is 0.305 e. The fourth-order valence-electron chi connectivity index (χ4n) is 2.68. The lowest BCUT2D eigenvalue weighted by Gasteiger charge is -2.36. The molecule has 0 saturated carbocycles. The molecule has 5 nitrogen and oxygen atoms in total. The van der Waals surface area contributed by atoms with Crippen LogP contribution in [-0.2, 0) is 20.7 Å². The average molecular weight is 326 g/mol. The Kier molecular flexibility index (Phi) is 5.80. The van der Waals surface area contributed by atoms with E-state index in [1.54, 1.807) is 11.0 Å². The van der Waals surface area contributed by atoms with E-state index in [1.807, 2.05) is 25.1 Å². The smallest absolute Gasteiger partial charge is 0.305 e. The van der Waals surface area contributed by atoms with Crippen molar-refractivity contribution in [3.05, 3.63) is 34.9 Å². The highest BCUT2D eigenvalue weighted by Crippen LogP contribution is 2.21. The number of halogens is 1. The van der Waals surface area contributed by atoms with Crippen LogP contribution in [0.2, 0.25) is 5.02 Å². The van der Waals surface area contributed by atoms with Crippen molar-refractivity contribution in [2.75, 3.05) is 19.8 Å². The minimum absolute atomic E-state index is 0.0468. The number of carboxylic acid groups (broad SMARTS) is 1. The molecule has 0 spiro atoms. The molecule has 2 atom stereocenters. The molecule has 1 aliphatic rings. The van der Waals surface area contributed by atoms with Crippen LogP contribution in [0.5, 0.6) is 0 Å². The molecule has 22 heavy (non-hydrogen) atoms. The number of carbonyl (C=O) groups excluding carboxylic acids is 1.